The minimum Gasteiger partial charge on any atom is -0.494 e. The van der Waals surface area contributed by atoms with Gasteiger partial charge in [0.1, 0.15) is 5.75 Å². The molecule has 0 aromatic heterocycles. The second-order valence-electron chi connectivity index (χ2n) is 4.11. The Morgan fingerprint density at radius 3 is 2.40 bits per heavy atom. The molecule has 5 nitrogen and oxygen atoms in total. The number of carbonyl (C=O) groups is 2. The molecule has 0 aliphatic rings. The normalized spacial score (nSPS) is 10.3. The highest BCUT2D eigenvalue weighted by atomic mass is 16.5. The van der Waals surface area contributed by atoms with Crippen molar-refractivity contribution in [3.8, 4) is 5.75 Å². The summed E-state index contributed by atoms with van der Waals surface area (Å²) >= 11 is 0. The van der Waals surface area contributed by atoms with Gasteiger partial charge in [0.15, 0.2) is 0 Å². The van der Waals surface area contributed by atoms with Gasteiger partial charge in [-0.1, -0.05) is 12.1 Å². The monoisotopic (exact) mass is 276 g/mol. The van der Waals surface area contributed by atoms with Gasteiger partial charge >= 0.3 is 0 Å². The summed E-state index contributed by atoms with van der Waals surface area (Å²) in [6, 6.07) is 7.48. The fraction of sp³-hybridized carbons (Fsp3) is 0.333. The number of ether oxygens (including phenoxy) is 1. The van der Waals surface area contributed by atoms with Crippen LogP contribution in [0, 0.1) is 0 Å². The molecule has 1 aromatic rings. The van der Waals surface area contributed by atoms with E-state index in [0.717, 1.165) is 11.3 Å². The highest BCUT2D eigenvalue weighted by molar-refractivity contribution is 5.91. The van der Waals surface area contributed by atoms with E-state index in [1.54, 1.807) is 6.08 Å². The van der Waals surface area contributed by atoms with Crippen molar-refractivity contribution in [2.45, 2.75) is 13.8 Å². The van der Waals surface area contributed by atoms with Gasteiger partial charge in [-0.3, -0.25) is 9.59 Å². The van der Waals surface area contributed by atoms with Crippen LogP contribution in [0.4, 0.5) is 0 Å². The average Bonchev–Trinajstić information content (AvgIpc) is 2.43. The second-order valence-corrected chi connectivity index (χ2v) is 4.11. The summed E-state index contributed by atoms with van der Waals surface area (Å²) in [6.45, 7) is 4.84. The van der Waals surface area contributed by atoms with Crippen molar-refractivity contribution in [1.29, 1.82) is 0 Å². The Morgan fingerprint density at radius 1 is 1.15 bits per heavy atom. The molecule has 2 N–H and O–H groups in total. The predicted octanol–water partition coefficient (Wildman–Crippen LogP) is 1.35. The van der Waals surface area contributed by atoms with Gasteiger partial charge in [0.2, 0.25) is 11.8 Å². The first-order valence-corrected chi connectivity index (χ1v) is 6.55. The summed E-state index contributed by atoms with van der Waals surface area (Å²) in [5.41, 5.74) is 0.922. The minimum absolute atomic E-state index is 0.107. The summed E-state index contributed by atoms with van der Waals surface area (Å²) in [6.07, 6.45) is 3.19. The molecule has 0 radical (unpaired) electrons. The third-order valence-electron chi connectivity index (χ3n) is 2.42. The van der Waals surface area contributed by atoms with Gasteiger partial charge < -0.3 is 15.4 Å². The zero-order valence-electron chi connectivity index (χ0n) is 11.8. The van der Waals surface area contributed by atoms with Gasteiger partial charge in [-0.05, 0) is 30.7 Å². The zero-order chi connectivity index (χ0) is 14.8. The quantitative estimate of drug-likeness (QED) is 0.583. The molecule has 0 unspecified atom stereocenters. The van der Waals surface area contributed by atoms with E-state index in [1.165, 1.54) is 13.0 Å². The largest absolute Gasteiger partial charge is 0.494 e. The standard InChI is InChI=1S/C15H20N2O3/c1-3-20-14-7-4-13(5-8-14)6-9-15(19)17-11-10-16-12(2)18/h4-9H,3,10-11H2,1-2H3,(H,16,18)(H,17,19)/b9-6+. The van der Waals surface area contributed by atoms with Crippen molar-refractivity contribution in [3.63, 3.8) is 0 Å². The van der Waals surface area contributed by atoms with Gasteiger partial charge in [-0.15, -0.1) is 0 Å². The number of hydrogen-bond acceptors (Lipinski definition) is 3. The Balaban J connectivity index is 2.35. The first-order chi connectivity index (χ1) is 9.61. The van der Waals surface area contributed by atoms with E-state index in [0.29, 0.717) is 19.7 Å². The maximum atomic E-state index is 11.5. The van der Waals surface area contributed by atoms with Crippen LogP contribution in [0.3, 0.4) is 0 Å². The van der Waals surface area contributed by atoms with E-state index in [1.807, 2.05) is 31.2 Å². The van der Waals surface area contributed by atoms with E-state index in [-0.39, 0.29) is 11.8 Å². The summed E-state index contributed by atoms with van der Waals surface area (Å²) in [5.74, 6) is 0.512. The minimum atomic E-state index is -0.191. The van der Waals surface area contributed by atoms with Crippen molar-refractivity contribution in [2.75, 3.05) is 19.7 Å². The molecular formula is C15H20N2O3. The van der Waals surface area contributed by atoms with Crippen molar-refractivity contribution in [3.05, 3.63) is 35.9 Å². The van der Waals surface area contributed by atoms with Crippen LogP contribution in [0.5, 0.6) is 5.75 Å². The Morgan fingerprint density at radius 2 is 1.80 bits per heavy atom. The third-order valence-corrected chi connectivity index (χ3v) is 2.42. The van der Waals surface area contributed by atoms with Gasteiger partial charge in [-0.25, -0.2) is 0 Å². The summed E-state index contributed by atoms with van der Waals surface area (Å²) in [5, 5.41) is 5.28. The summed E-state index contributed by atoms with van der Waals surface area (Å²) < 4.78 is 5.33. The highest BCUT2D eigenvalue weighted by Crippen LogP contribution is 2.12. The van der Waals surface area contributed by atoms with Crippen LogP contribution in [0.2, 0.25) is 0 Å². The molecule has 1 rings (SSSR count). The predicted molar refractivity (Wildman–Crippen MR) is 78.3 cm³/mol. The first kappa shape index (κ1) is 15.8. The molecule has 0 saturated carbocycles. The lowest BCUT2D eigenvalue weighted by Gasteiger charge is -2.03. The van der Waals surface area contributed by atoms with Crippen molar-refractivity contribution in [2.24, 2.45) is 0 Å². The number of benzene rings is 1. The molecule has 0 bridgehead atoms. The van der Waals surface area contributed by atoms with Crippen LogP contribution in [-0.4, -0.2) is 31.5 Å². The molecule has 2 amide bonds. The van der Waals surface area contributed by atoms with Crippen LogP contribution in [0.1, 0.15) is 19.4 Å². The number of rotatable bonds is 7. The lowest BCUT2D eigenvalue weighted by molar-refractivity contribution is -0.119. The van der Waals surface area contributed by atoms with Gasteiger partial charge in [0, 0.05) is 26.1 Å². The lowest BCUT2D eigenvalue weighted by Crippen LogP contribution is -2.32. The molecule has 0 saturated heterocycles. The number of carbonyl (C=O) groups excluding carboxylic acids is 2. The summed E-state index contributed by atoms with van der Waals surface area (Å²) in [7, 11) is 0. The van der Waals surface area contributed by atoms with E-state index < -0.39 is 0 Å². The molecular weight excluding hydrogens is 256 g/mol. The number of nitrogens with one attached hydrogen (secondary N) is 2. The maximum Gasteiger partial charge on any atom is 0.244 e. The van der Waals surface area contributed by atoms with Crippen LogP contribution >= 0.6 is 0 Å². The van der Waals surface area contributed by atoms with Crippen molar-refractivity contribution >= 4 is 17.9 Å². The fourth-order valence-corrected chi connectivity index (χ4v) is 1.50. The molecule has 0 aliphatic heterocycles. The molecule has 0 fully saturated rings. The number of amides is 2. The van der Waals surface area contributed by atoms with Crippen LogP contribution in [0.15, 0.2) is 30.3 Å². The maximum absolute atomic E-state index is 11.5. The van der Waals surface area contributed by atoms with Crippen molar-refractivity contribution < 1.29 is 14.3 Å². The Hall–Kier alpha value is -2.30. The Bertz CT molecular complexity index is 467. The Kier molecular flexibility index (Phi) is 6.89. The first-order valence-electron chi connectivity index (χ1n) is 6.55. The fourth-order valence-electron chi connectivity index (χ4n) is 1.50. The van der Waals surface area contributed by atoms with E-state index in [2.05, 4.69) is 10.6 Å². The molecule has 108 valence electrons. The van der Waals surface area contributed by atoms with Crippen LogP contribution < -0.4 is 15.4 Å². The topological polar surface area (TPSA) is 67.4 Å². The molecule has 0 atom stereocenters. The molecule has 0 heterocycles. The second kappa shape index (κ2) is 8.74. The third kappa shape index (κ3) is 6.58. The van der Waals surface area contributed by atoms with E-state index in [4.69, 9.17) is 4.74 Å². The molecule has 0 aliphatic carbocycles. The smallest absolute Gasteiger partial charge is 0.244 e. The molecule has 1 aromatic carbocycles. The molecule has 0 spiro atoms. The average molecular weight is 276 g/mol. The lowest BCUT2D eigenvalue weighted by atomic mass is 10.2. The SMILES string of the molecule is CCOc1ccc(/C=C/C(=O)NCCNC(C)=O)cc1. The number of hydrogen-bond donors (Lipinski definition) is 2. The van der Waals surface area contributed by atoms with E-state index >= 15 is 0 Å². The van der Waals surface area contributed by atoms with Gasteiger partial charge in [-0.2, -0.15) is 0 Å². The van der Waals surface area contributed by atoms with Crippen LogP contribution in [-0.2, 0) is 9.59 Å². The van der Waals surface area contributed by atoms with Crippen molar-refractivity contribution in [1.82, 2.24) is 10.6 Å². The van der Waals surface area contributed by atoms with Crippen LogP contribution in [0.25, 0.3) is 6.08 Å². The van der Waals surface area contributed by atoms with Gasteiger partial charge in [0.05, 0.1) is 6.61 Å². The summed E-state index contributed by atoms with van der Waals surface area (Å²) in [4.78, 5) is 22.1. The molecule has 5 heteroatoms. The van der Waals surface area contributed by atoms with E-state index in [9.17, 15) is 9.59 Å². The highest BCUT2D eigenvalue weighted by Gasteiger charge is 1.96. The van der Waals surface area contributed by atoms with Gasteiger partial charge in [0.25, 0.3) is 0 Å². The zero-order valence-corrected chi connectivity index (χ0v) is 11.8. The Labute approximate surface area is 119 Å². The molecule has 20 heavy (non-hydrogen) atoms.